The van der Waals surface area contributed by atoms with E-state index in [1.54, 1.807) is 0 Å². The van der Waals surface area contributed by atoms with Crippen LogP contribution in [0.4, 0.5) is 0 Å². The molecule has 3 atom stereocenters. The number of hydrogen-bond acceptors (Lipinski definition) is 3. The van der Waals surface area contributed by atoms with Crippen LogP contribution < -0.4 is 0 Å². The maximum Gasteiger partial charge on any atom is 0.310 e. The Morgan fingerprint density at radius 1 is 1.00 bits per heavy atom. The molecule has 0 radical (unpaired) electrons. The van der Waals surface area contributed by atoms with Gasteiger partial charge < -0.3 is 9.84 Å². The van der Waals surface area contributed by atoms with Gasteiger partial charge in [0, 0.05) is 0 Å². The average molecular weight is 395 g/mol. The predicted molar refractivity (Wildman–Crippen MR) is 112 cm³/mol. The van der Waals surface area contributed by atoms with Gasteiger partial charge in [0.05, 0.1) is 11.8 Å². The van der Waals surface area contributed by atoms with Gasteiger partial charge in [0.25, 0.3) is 0 Å². The fourth-order valence-electron chi connectivity index (χ4n) is 5.17. The van der Waals surface area contributed by atoms with E-state index in [0.717, 1.165) is 44.4 Å². The van der Waals surface area contributed by atoms with E-state index in [-0.39, 0.29) is 17.5 Å². The molecule has 2 aliphatic rings. The highest BCUT2D eigenvalue weighted by molar-refractivity contribution is 5.81. The summed E-state index contributed by atoms with van der Waals surface area (Å²) in [6.07, 6.45) is 12.3. The van der Waals surface area contributed by atoms with Gasteiger partial charge in [-0.15, -0.1) is 0 Å². The van der Waals surface area contributed by atoms with Crippen LogP contribution in [-0.2, 0) is 14.3 Å². The molecule has 4 heteroatoms. The van der Waals surface area contributed by atoms with Crippen LogP contribution in [0.25, 0.3) is 0 Å². The van der Waals surface area contributed by atoms with Crippen LogP contribution in [0.15, 0.2) is 0 Å². The highest BCUT2D eigenvalue weighted by atomic mass is 16.5. The van der Waals surface area contributed by atoms with E-state index in [1.807, 2.05) is 0 Å². The number of carboxylic acid groups (broad SMARTS) is 1. The topological polar surface area (TPSA) is 63.6 Å². The zero-order valence-electron chi connectivity index (χ0n) is 18.5. The molecule has 1 N–H and O–H groups in total. The lowest BCUT2D eigenvalue weighted by Gasteiger charge is -2.36. The standard InChI is InChI=1S/C24H42O4/c1-5-8-17-11-13-18(14-12-17)21(15-16-24(2,3)4)28-23(27)20-10-7-6-9-19(20)22(25)26/h17-21H,5-16H2,1-4H3,(H,25,26). The second-order valence-electron chi connectivity index (χ2n) is 10.5. The summed E-state index contributed by atoms with van der Waals surface area (Å²) in [5.41, 5.74) is 0.207. The summed E-state index contributed by atoms with van der Waals surface area (Å²) in [4.78, 5) is 24.6. The van der Waals surface area contributed by atoms with Crippen LogP contribution in [-0.4, -0.2) is 23.1 Å². The lowest BCUT2D eigenvalue weighted by atomic mass is 9.75. The van der Waals surface area contributed by atoms with Crippen molar-refractivity contribution in [3.63, 3.8) is 0 Å². The Morgan fingerprint density at radius 3 is 2.14 bits per heavy atom. The second kappa shape index (κ2) is 10.6. The molecule has 2 aliphatic carbocycles. The Morgan fingerprint density at radius 2 is 1.61 bits per heavy atom. The van der Waals surface area contributed by atoms with Gasteiger partial charge in [-0.3, -0.25) is 9.59 Å². The Hall–Kier alpha value is -1.06. The maximum atomic E-state index is 13.0. The molecule has 28 heavy (non-hydrogen) atoms. The molecule has 0 bridgehead atoms. The summed E-state index contributed by atoms with van der Waals surface area (Å²) < 4.78 is 6.10. The van der Waals surface area contributed by atoms with Crippen molar-refractivity contribution in [2.45, 2.75) is 111 Å². The van der Waals surface area contributed by atoms with E-state index in [0.29, 0.717) is 18.8 Å². The van der Waals surface area contributed by atoms with E-state index in [4.69, 9.17) is 4.74 Å². The lowest BCUT2D eigenvalue weighted by molar-refractivity contribution is -0.167. The van der Waals surface area contributed by atoms with Crippen molar-refractivity contribution >= 4 is 11.9 Å². The Balaban J connectivity index is 2.02. The third kappa shape index (κ3) is 7.08. The quantitative estimate of drug-likeness (QED) is 0.496. The zero-order chi connectivity index (χ0) is 20.7. The summed E-state index contributed by atoms with van der Waals surface area (Å²) in [6, 6.07) is 0. The Kier molecular flexibility index (Phi) is 8.82. The predicted octanol–water partition coefficient (Wildman–Crippen LogP) is 6.22. The van der Waals surface area contributed by atoms with Crippen molar-refractivity contribution in [1.29, 1.82) is 0 Å². The van der Waals surface area contributed by atoms with Crippen molar-refractivity contribution in [2.24, 2.45) is 29.1 Å². The number of carboxylic acids is 1. The molecule has 162 valence electrons. The normalized spacial score (nSPS) is 29.9. The first-order chi connectivity index (χ1) is 13.2. The van der Waals surface area contributed by atoms with E-state index < -0.39 is 17.8 Å². The largest absolute Gasteiger partial charge is 0.481 e. The summed E-state index contributed by atoms with van der Waals surface area (Å²) in [6.45, 7) is 8.94. The molecule has 0 aromatic rings. The summed E-state index contributed by atoms with van der Waals surface area (Å²) in [7, 11) is 0. The maximum absolute atomic E-state index is 13.0. The van der Waals surface area contributed by atoms with Gasteiger partial charge in [-0.25, -0.2) is 0 Å². The number of aliphatic carboxylic acids is 1. The Labute approximate surface area is 171 Å². The first-order valence-electron chi connectivity index (χ1n) is 11.6. The van der Waals surface area contributed by atoms with Gasteiger partial charge >= 0.3 is 11.9 Å². The van der Waals surface area contributed by atoms with Crippen LogP contribution in [0.5, 0.6) is 0 Å². The minimum absolute atomic E-state index is 0.0503. The molecular weight excluding hydrogens is 352 g/mol. The molecule has 0 aliphatic heterocycles. The number of ether oxygens (including phenoxy) is 1. The van der Waals surface area contributed by atoms with Gasteiger partial charge in [0.15, 0.2) is 0 Å². The number of hydrogen-bond donors (Lipinski definition) is 1. The number of rotatable bonds is 8. The first kappa shape index (κ1) is 23.2. The molecule has 3 unspecified atom stereocenters. The van der Waals surface area contributed by atoms with E-state index in [9.17, 15) is 14.7 Å². The Bertz CT molecular complexity index is 499. The molecule has 0 aromatic carbocycles. The van der Waals surface area contributed by atoms with Crippen molar-refractivity contribution in [1.82, 2.24) is 0 Å². The SMILES string of the molecule is CCCC1CCC(C(CCC(C)(C)C)OC(=O)C2CCCCC2C(=O)O)CC1. The van der Waals surface area contributed by atoms with Gasteiger partial charge in [-0.05, 0) is 55.8 Å². The van der Waals surface area contributed by atoms with Gasteiger partial charge in [0.2, 0.25) is 0 Å². The lowest BCUT2D eigenvalue weighted by Crippen LogP contribution is -2.38. The van der Waals surface area contributed by atoms with Crippen molar-refractivity contribution < 1.29 is 19.4 Å². The van der Waals surface area contributed by atoms with Crippen molar-refractivity contribution in [3.8, 4) is 0 Å². The van der Waals surface area contributed by atoms with Crippen LogP contribution in [0.3, 0.4) is 0 Å². The van der Waals surface area contributed by atoms with Gasteiger partial charge in [-0.2, -0.15) is 0 Å². The monoisotopic (exact) mass is 394 g/mol. The molecule has 0 aromatic heterocycles. The summed E-state index contributed by atoms with van der Waals surface area (Å²) in [5, 5.41) is 9.52. The van der Waals surface area contributed by atoms with E-state index >= 15 is 0 Å². The van der Waals surface area contributed by atoms with Gasteiger partial charge in [0.1, 0.15) is 6.10 Å². The third-order valence-electron chi connectivity index (χ3n) is 6.95. The van der Waals surface area contributed by atoms with Gasteiger partial charge in [-0.1, -0.05) is 66.2 Å². The molecule has 4 nitrogen and oxygen atoms in total. The molecule has 0 heterocycles. The third-order valence-corrected chi connectivity index (χ3v) is 6.95. The van der Waals surface area contributed by atoms with E-state index in [2.05, 4.69) is 27.7 Å². The van der Waals surface area contributed by atoms with Crippen molar-refractivity contribution in [3.05, 3.63) is 0 Å². The fraction of sp³-hybridized carbons (Fsp3) is 0.917. The van der Waals surface area contributed by atoms with Crippen LogP contribution >= 0.6 is 0 Å². The van der Waals surface area contributed by atoms with Crippen LogP contribution in [0.1, 0.15) is 105 Å². The molecule has 2 saturated carbocycles. The molecule has 2 rings (SSSR count). The number of carbonyl (C=O) groups is 2. The number of carbonyl (C=O) groups excluding carboxylic acids is 1. The van der Waals surface area contributed by atoms with E-state index in [1.165, 1.54) is 25.7 Å². The van der Waals surface area contributed by atoms with Crippen LogP contribution in [0.2, 0.25) is 0 Å². The minimum Gasteiger partial charge on any atom is -0.481 e. The molecule has 0 spiro atoms. The number of esters is 1. The first-order valence-corrected chi connectivity index (χ1v) is 11.6. The summed E-state index contributed by atoms with van der Waals surface area (Å²) in [5.74, 6) is -0.847. The molecular formula is C24H42O4. The summed E-state index contributed by atoms with van der Waals surface area (Å²) >= 11 is 0. The van der Waals surface area contributed by atoms with Crippen molar-refractivity contribution in [2.75, 3.05) is 0 Å². The fourth-order valence-corrected chi connectivity index (χ4v) is 5.17. The smallest absolute Gasteiger partial charge is 0.310 e. The zero-order valence-corrected chi connectivity index (χ0v) is 18.5. The van der Waals surface area contributed by atoms with Crippen LogP contribution in [0, 0.1) is 29.1 Å². The minimum atomic E-state index is -0.840. The molecule has 0 saturated heterocycles. The average Bonchev–Trinajstić information content (AvgIpc) is 2.65. The second-order valence-corrected chi connectivity index (χ2v) is 10.5. The molecule has 0 amide bonds. The highest BCUT2D eigenvalue weighted by Gasteiger charge is 2.39. The molecule has 2 fully saturated rings. The highest BCUT2D eigenvalue weighted by Crippen LogP contribution is 2.38.